The van der Waals surface area contributed by atoms with E-state index in [1.807, 2.05) is 18.2 Å². The van der Waals surface area contributed by atoms with Crippen LogP contribution in [0.3, 0.4) is 0 Å². The third-order valence-electron chi connectivity index (χ3n) is 6.06. The van der Waals surface area contributed by atoms with Gasteiger partial charge in [-0.2, -0.15) is 0 Å². The van der Waals surface area contributed by atoms with Crippen LogP contribution in [0.5, 0.6) is 0 Å². The zero-order valence-electron chi connectivity index (χ0n) is 16.2. The maximum absolute atomic E-state index is 11.2. The molecule has 2 aromatic rings. The van der Waals surface area contributed by atoms with Gasteiger partial charge < -0.3 is 15.3 Å². The Kier molecular flexibility index (Phi) is 9.11. The predicted molar refractivity (Wildman–Crippen MR) is 127 cm³/mol. The van der Waals surface area contributed by atoms with Crippen LogP contribution in [0.2, 0.25) is 10.0 Å². The minimum Gasteiger partial charge on any atom is -0.389 e. The summed E-state index contributed by atoms with van der Waals surface area (Å²) in [6.45, 7) is 5.03. The van der Waals surface area contributed by atoms with Gasteiger partial charge in [-0.1, -0.05) is 53.5 Å². The molecule has 0 bridgehead atoms. The molecule has 1 aliphatic heterocycles. The van der Waals surface area contributed by atoms with Crippen molar-refractivity contribution < 1.29 is 5.11 Å². The van der Waals surface area contributed by atoms with Gasteiger partial charge in [-0.15, -0.1) is 24.8 Å². The summed E-state index contributed by atoms with van der Waals surface area (Å²) in [7, 11) is 0. The van der Waals surface area contributed by atoms with Crippen LogP contribution in [0.1, 0.15) is 30.7 Å². The second kappa shape index (κ2) is 10.7. The van der Waals surface area contributed by atoms with E-state index in [1.54, 1.807) is 0 Å². The van der Waals surface area contributed by atoms with Crippen LogP contribution in [0.25, 0.3) is 11.1 Å². The quantitative estimate of drug-likeness (QED) is 0.604. The Labute approximate surface area is 195 Å². The molecule has 2 N–H and O–H groups in total. The third kappa shape index (κ3) is 5.59. The van der Waals surface area contributed by atoms with Crippen LogP contribution in [0.15, 0.2) is 42.5 Å². The van der Waals surface area contributed by atoms with Crippen LogP contribution in [0, 0.1) is 0 Å². The second-order valence-corrected chi connectivity index (χ2v) is 8.63. The van der Waals surface area contributed by atoms with Gasteiger partial charge >= 0.3 is 0 Å². The van der Waals surface area contributed by atoms with Crippen molar-refractivity contribution in [1.82, 2.24) is 10.2 Å². The molecule has 4 rings (SSSR count). The van der Waals surface area contributed by atoms with Crippen molar-refractivity contribution >= 4 is 48.0 Å². The summed E-state index contributed by atoms with van der Waals surface area (Å²) in [6.07, 6.45) is 2.89. The van der Waals surface area contributed by atoms with E-state index in [1.165, 1.54) is 5.56 Å². The zero-order chi connectivity index (χ0) is 18.9. The van der Waals surface area contributed by atoms with Crippen LogP contribution in [0.4, 0.5) is 0 Å². The van der Waals surface area contributed by atoms with E-state index in [0.717, 1.165) is 63.1 Å². The lowest BCUT2D eigenvalue weighted by Gasteiger charge is -2.46. The fourth-order valence-electron chi connectivity index (χ4n) is 4.24. The summed E-state index contributed by atoms with van der Waals surface area (Å²) >= 11 is 12.3. The van der Waals surface area contributed by atoms with Gasteiger partial charge in [0.2, 0.25) is 0 Å². The molecule has 1 heterocycles. The van der Waals surface area contributed by atoms with Crippen molar-refractivity contribution in [2.24, 2.45) is 0 Å². The Morgan fingerprint density at radius 1 is 0.966 bits per heavy atom. The first-order chi connectivity index (χ1) is 13.0. The molecule has 0 spiro atoms. The van der Waals surface area contributed by atoms with E-state index in [9.17, 15) is 5.11 Å². The van der Waals surface area contributed by atoms with E-state index in [4.69, 9.17) is 23.2 Å². The molecule has 7 heteroatoms. The van der Waals surface area contributed by atoms with E-state index in [2.05, 4.69) is 34.5 Å². The molecular weight excluding hydrogens is 450 g/mol. The summed E-state index contributed by atoms with van der Waals surface area (Å²) < 4.78 is 0. The molecular formula is C22H28Cl4N2O. The molecule has 0 amide bonds. The highest BCUT2D eigenvalue weighted by atomic mass is 35.5. The highest BCUT2D eigenvalue weighted by Gasteiger charge is 2.43. The summed E-state index contributed by atoms with van der Waals surface area (Å²) in [5, 5.41) is 15.8. The monoisotopic (exact) mass is 476 g/mol. The third-order valence-corrected chi connectivity index (χ3v) is 6.80. The lowest BCUT2D eigenvalue weighted by atomic mass is 9.68. The predicted octanol–water partition coefficient (Wildman–Crippen LogP) is 5.41. The Morgan fingerprint density at radius 3 is 2.28 bits per heavy atom. The SMILES string of the molecule is Cl.Cl.OC1(C(CN2CCNCC2)c2cccc(-c3ccc(Cl)c(Cl)c3)c2)CCC1. The molecule has 2 aliphatic rings. The number of hydrogen-bond acceptors (Lipinski definition) is 3. The van der Waals surface area contributed by atoms with Gasteiger partial charge in [0.05, 0.1) is 15.6 Å². The first-order valence-corrected chi connectivity index (χ1v) is 10.5. The van der Waals surface area contributed by atoms with Gasteiger partial charge in [-0.25, -0.2) is 0 Å². The van der Waals surface area contributed by atoms with Crippen LogP contribution in [-0.4, -0.2) is 48.3 Å². The molecule has 3 nitrogen and oxygen atoms in total. The topological polar surface area (TPSA) is 35.5 Å². The fourth-order valence-corrected chi connectivity index (χ4v) is 4.53. The number of benzene rings is 2. The van der Waals surface area contributed by atoms with Gasteiger partial charge in [0.25, 0.3) is 0 Å². The number of halogens is 4. The minimum absolute atomic E-state index is 0. The van der Waals surface area contributed by atoms with Crippen molar-refractivity contribution in [3.63, 3.8) is 0 Å². The normalized spacial score (nSPS) is 19.4. The largest absolute Gasteiger partial charge is 0.389 e. The first kappa shape index (κ1) is 24.7. The van der Waals surface area contributed by atoms with Crippen molar-refractivity contribution in [2.45, 2.75) is 30.8 Å². The van der Waals surface area contributed by atoms with Gasteiger partial charge in [0.1, 0.15) is 0 Å². The van der Waals surface area contributed by atoms with Gasteiger partial charge in [-0.05, 0) is 48.1 Å². The van der Waals surface area contributed by atoms with Crippen LogP contribution >= 0.6 is 48.0 Å². The molecule has 2 fully saturated rings. The van der Waals surface area contributed by atoms with Crippen LogP contribution < -0.4 is 5.32 Å². The number of piperazine rings is 1. The van der Waals surface area contributed by atoms with E-state index >= 15 is 0 Å². The summed E-state index contributed by atoms with van der Waals surface area (Å²) in [5.74, 6) is 0.132. The second-order valence-electron chi connectivity index (χ2n) is 7.81. The number of nitrogens with zero attached hydrogens (tertiary/aromatic N) is 1. The Bertz CT molecular complexity index is 807. The lowest BCUT2D eigenvalue weighted by molar-refractivity contribution is -0.0652. The maximum atomic E-state index is 11.2. The summed E-state index contributed by atoms with van der Waals surface area (Å²) in [5.41, 5.74) is 2.78. The molecule has 1 unspecified atom stereocenters. The number of hydrogen-bond donors (Lipinski definition) is 2. The van der Waals surface area contributed by atoms with Crippen LogP contribution in [-0.2, 0) is 0 Å². The Morgan fingerprint density at radius 2 is 1.66 bits per heavy atom. The molecule has 1 saturated heterocycles. The molecule has 1 aliphatic carbocycles. The summed E-state index contributed by atoms with van der Waals surface area (Å²) in [4.78, 5) is 2.48. The first-order valence-electron chi connectivity index (χ1n) is 9.76. The van der Waals surface area contributed by atoms with Crippen molar-refractivity contribution in [3.05, 3.63) is 58.1 Å². The van der Waals surface area contributed by atoms with Crippen molar-refractivity contribution in [2.75, 3.05) is 32.7 Å². The Hall–Kier alpha value is -0.520. The smallest absolute Gasteiger partial charge is 0.0728 e. The number of aliphatic hydroxyl groups is 1. The number of nitrogens with one attached hydrogen (secondary N) is 1. The molecule has 0 radical (unpaired) electrons. The molecule has 160 valence electrons. The maximum Gasteiger partial charge on any atom is 0.0728 e. The van der Waals surface area contributed by atoms with Gasteiger partial charge in [0.15, 0.2) is 0 Å². The minimum atomic E-state index is -0.582. The molecule has 29 heavy (non-hydrogen) atoms. The average Bonchev–Trinajstić information content (AvgIpc) is 2.67. The zero-order valence-corrected chi connectivity index (χ0v) is 19.4. The Balaban J connectivity index is 0.00000150. The molecule has 2 aromatic carbocycles. The van der Waals surface area contributed by atoms with E-state index < -0.39 is 5.60 Å². The number of rotatable bonds is 5. The molecule has 1 atom stereocenters. The van der Waals surface area contributed by atoms with Crippen molar-refractivity contribution in [1.29, 1.82) is 0 Å². The van der Waals surface area contributed by atoms with E-state index in [-0.39, 0.29) is 30.7 Å². The highest BCUT2D eigenvalue weighted by molar-refractivity contribution is 6.42. The van der Waals surface area contributed by atoms with Gasteiger partial charge in [-0.3, -0.25) is 0 Å². The molecule has 1 saturated carbocycles. The highest BCUT2D eigenvalue weighted by Crippen LogP contribution is 2.44. The fraction of sp³-hybridized carbons (Fsp3) is 0.455. The van der Waals surface area contributed by atoms with Crippen molar-refractivity contribution in [3.8, 4) is 11.1 Å². The lowest BCUT2D eigenvalue weighted by Crippen LogP contribution is -2.51. The average molecular weight is 478 g/mol. The van der Waals surface area contributed by atoms with E-state index in [0.29, 0.717) is 10.0 Å². The summed E-state index contributed by atoms with van der Waals surface area (Å²) in [6, 6.07) is 14.3. The standard InChI is InChI=1S/C22H26Cl2N2O.2ClH/c23-20-6-5-17(14-21(20)24)16-3-1-4-18(13-16)19(22(27)7-2-8-22)15-26-11-9-25-10-12-26;;/h1,3-6,13-14,19,25,27H,2,7-12,15H2;2*1H. The van der Waals surface area contributed by atoms with Gasteiger partial charge in [0, 0.05) is 38.6 Å². The molecule has 0 aromatic heterocycles.